The van der Waals surface area contributed by atoms with Gasteiger partial charge in [0.15, 0.2) is 0 Å². The van der Waals surface area contributed by atoms with Gasteiger partial charge < -0.3 is 14.6 Å². The molecule has 2 rings (SSSR count). The highest BCUT2D eigenvalue weighted by Gasteiger charge is 2.33. The molecule has 0 aliphatic carbocycles. The highest BCUT2D eigenvalue weighted by Crippen LogP contribution is 2.28. The molecule has 0 saturated carbocycles. The Balaban J connectivity index is 1.73. The predicted octanol–water partition coefficient (Wildman–Crippen LogP) is 1.34. The van der Waals surface area contributed by atoms with Gasteiger partial charge in [-0.2, -0.15) is 0 Å². The van der Waals surface area contributed by atoms with Crippen LogP contribution < -0.4 is 0 Å². The summed E-state index contributed by atoms with van der Waals surface area (Å²) in [5, 5.41) is 9.67. The quantitative estimate of drug-likeness (QED) is 0.747. The van der Waals surface area contributed by atoms with E-state index in [4.69, 9.17) is 9.47 Å². The maximum Gasteiger partial charge on any atom is 0.0826 e. The minimum atomic E-state index is -0.258. The van der Waals surface area contributed by atoms with Crippen LogP contribution in [0.25, 0.3) is 0 Å². The SMILES string of the molecule is CC1OCC(O)C1CCC1CCCO1. The third-order valence-corrected chi connectivity index (χ3v) is 3.47. The van der Waals surface area contributed by atoms with Gasteiger partial charge >= 0.3 is 0 Å². The van der Waals surface area contributed by atoms with Crippen LogP contribution >= 0.6 is 0 Å². The van der Waals surface area contributed by atoms with E-state index in [9.17, 15) is 5.11 Å². The number of aliphatic hydroxyl groups is 1. The van der Waals surface area contributed by atoms with Gasteiger partial charge in [0.1, 0.15) is 0 Å². The summed E-state index contributed by atoms with van der Waals surface area (Å²) in [5.74, 6) is 0.319. The Hall–Kier alpha value is -0.120. The second-order valence-corrected chi connectivity index (χ2v) is 4.48. The molecule has 0 aromatic rings. The van der Waals surface area contributed by atoms with Crippen molar-refractivity contribution in [3.8, 4) is 0 Å². The Morgan fingerprint density at radius 3 is 2.71 bits per heavy atom. The monoisotopic (exact) mass is 200 g/mol. The average molecular weight is 200 g/mol. The molecule has 0 radical (unpaired) electrons. The first-order valence-electron chi connectivity index (χ1n) is 5.68. The van der Waals surface area contributed by atoms with Gasteiger partial charge in [-0.25, -0.2) is 0 Å². The van der Waals surface area contributed by atoms with Gasteiger partial charge in [-0.1, -0.05) is 0 Å². The lowest BCUT2D eigenvalue weighted by Gasteiger charge is -2.18. The maximum atomic E-state index is 9.67. The van der Waals surface area contributed by atoms with Crippen molar-refractivity contribution in [1.29, 1.82) is 0 Å². The van der Waals surface area contributed by atoms with Crippen LogP contribution in [-0.4, -0.2) is 36.6 Å². The van der Waals surface area contributed by atoms with Crippen molar-refractivity contribution in [2.24, 2.45) is 5.92 Å². The topological polar surface area (TPSA) is 38.7 Å². The fourth-order valence-electron chi connectivity index (χ4n) is 2.49. The Morgan fingerprint density at radius 1 is 1.29 bits per heavy atom. The van der Waals surface area contributed by atoms with Crippen LogP contribution in [0.3, 0.4) is 0 Å². The Kier molecular flexibility index (Phi) is 3.42. The zero-order chi connectivity index (χ0) is 9.97. The molecule has 14 heavy (non-hydrogen) atoms. The molecule has 2 aliphatic heterocycles. The van der Waals surface area contributed by atoms with Crippen LogP contribution in [0, 0.1) is 5.92 Å². The lowest BCUT2D eigenvalue weighted by atomic mass is 9.92. The Bertz CT molecular complexity index is 167. The summed E-state index contributed by atoms with van der Waals surface area (Å²) < 4.78 is 11.0. The molecule has 0 amide bonds. The van der Waals surface area contributed by atoms with E-state index in [2.05, 4.69) is 6.92 Å². The van der Waals surface area contributed by atoms with Crippen LogP contribution in [-0.2, 0) is 9.47 Å². The standard InChI is InChI=1S/C11H20O3/c1-8-10(11(12)7-14-8)5-4-9-3-2-6-13-9/h8-12H,2-7H2,1H3. The molecule has 3 nitrogen and oxygen atoms in total. The molecule has 0 aromatic heterocycles. The van der Waals surface area contributed by atoms with E-state index in [0.29, 0.717) is 18.6 Å². The second kappa shape index (κ2) is 4.60. The van der Waals surface area contributed by atoms with Crippen LogP contribution in [0.5, 0.6) is 0 Å². The fraction of sp³-hybridized carbons (Fsp3) is 1.00. The molecule has 0 spiro atoms. The lowest BCUT2D eigenvalue weighted by molar-refractivity contribution is 0.0785. The van der Waals surface area contributed by atoms with Crippen molar-refractivity contribution >= 4 is 0 Å². The van der Waals surface area contributed by atoms with Gasteiger partial charge in [-0.3, -0.25) is 0 Å². The van der Waals surface area contributed by atoms with Gasteiger partial charge in [0.2, 0.25) is 0 Å². The summed E-state index contributed by atoms with van der Waals surface area (Å²) in [6.07, 6.45) is 4.90. The van der Waals surface area contributed by atoms with Crippen LogP contribution in [0.2, 0.25) is 0 Å². The van der Waals surface area contributed by atoms with Crippen LogP contribution in [0.1, 0.15) is 32.6 Å². The molecule has 1 N–H and O–H groups in total. The van der Waals surface area contributed by atoms with E-state index in [1.807, 2.05) is 0 Å². The number of ether oxygens (including phenoxy) is 2. The first-order chi connectivity index (χ1) is 6.77. The predicted molar refractivity (Wildman–Crippen MR) is 53.1 cm³/mol. The lowest BCUT2D eigenvalue weighted by Crippen LogP contribution is -2.23. The van der Waals surface area contributed by atoms with E-state index in [1.165, 1.54) is 12.8 Å². The molecule has 4 unspecified atom stereocenters. The molecule has 4 atom stereocenters. The van der Waals surface area contributed by atoms with Crippen molar-refractivity contribution in [1.82, 2.24) is 0 Å². The van der Waals surface area contributed by atoms with Gasteiger partial charge in [0.05, 0.1) is 24.9 Å². The first kappa shape index (κ1) is 10.4. The zero-order valence-electron chi connectivity index (χ0n) is 8.82. The summed E-state index contributed by atoms with van der Waals surface area (Å²) >= 11 is 0. The van der Waals surface area contributed by atoms with Gasteiger partial charge in [0.25, 0.3) is 0 Å². The van der Waals surface area contributed by atoms with Crippen molar-refractivity contribution < 1.29 is 14.6 Å². The van der Waals surface area contributed by atoms with Crippen molar-refractivity contribution in [3.05, 3.63) is 0 Å². The maximum absolute atomic E-state index is 9.67. The molecule has 82 valence electrons. The summed E-state index contributed by atoms with van der Waals surface area (Å²) in [7, 11) is 0. The van der Waals surface area contributed by atoms with Crippen molar-refractivity contribution in [2.45, 2.75) is 50.9 Å². The molecular weight excluding hydrogens is 180 g/mol. The van der Waals surface area contributed by atoms with E-state index >= 15 is 0 Å². The largest absolute Gasteiger partial charge is 0.390 e. The number of aliphatic hydroxyl groups excluding tert-OH is 1. The summed E-state index contributed by atoms with van der Waals surface area (Å²) in [5.41, 5.74) is 0. The smallest absolute Gasteiger partial charge is 0.0826 e. The van der Waals surface area contributed by atoms with Crippen molar-refractivity contribution in [3.63, 3.8) is 0 Å². The second-order valence-electron chi connectivity index (χ2n) is 4.48. The fourth-order valence-corrected chi connectivity index (χ4v) is 2.49. The first-order valence-corrected chi connectivity index (χ1v) is 5.68. The van der Waals surface area contributed by atoms with Crippen LogP contribution in [0.4, 0.5) is 0 Å². The number of rotatable bonds is 3. The van der Waals surface area contributed by atoms with Crippen LogP contribution in [0.15, 0.2) is 0 Å². The Labute approximate surface area is 85.4 Å². The molecule has 2 heterocycles. The molecule has 2 fully saturated rings. The van der Waals surface area contributed by atoms with E-state index in [-0.39, 0.29) is 12.2 Å². The number of hydrogen-bond acceptors (Lipinski definition) is 3. The summed E-state index contributed by atoms with van der Waals surface area (Å²) in [6.45, 7) is 3.48. The van der Waals surface area contributed by atoms with E-state index in [0.717, 1.165) is 19.4 Å². The van der Waals surface area contributed by atoms with Crippen molar-refractivity contribution in [2.75, 3.05) is 13.2 Å². The molecule has 3 heteroatoms. The Morgan fingerprint density at radius 2 is 2.14 bits per heavy atom. The highest BCUT2D eigenvalue weighted by atomic mass is 16.5. The minimum Gasteiger partial charge on any atom is -0.390 e. The summed E-state index contributed by atoms with van der Waals surface area (Å²) in [4.78, 5) is 0. The molecule has 0 aromatic carbocycles. The normalized spacial score (nSPS) is 43.3. The molecule has 2 saturated heterocycles. The average Bonchev–Trinajstić information content (AvgIpc) is 2.76. The molecular formula is C11H20O3. The highest BCUT2D eigenvalue weighted by molar-refractivity contribution is 4.82. The zero-order valence-corrected chi connectivity index (χ0v) is 8.82. The minimum absolute atomic E-state index is 0.214. The third-order valence-electron chi connectivity index (χ3n) is 3.47. The third kappa shape index (κ3) is 2.27. The molecule has 2 aliphatic rings. The molecule has 0 bridgehead atoms. The van der Waals surface area contributed by atoms with Gasteiger partial charge in [-0.05, 0) is 32.6 Å². The number of hydrogen-bond donors (Lipinski definition) is 1. The van der Waals surface area contributed by atoms with Gasteiger partial charge in [-0.15, -0.1) is 0 Å². The van der Waals surface area contributed by atoms with Gasteiger partial charge in [0, 0.05) is 12.5 Å². The summed E-state index contributed by atoms with van der Waals surface area (Å²) in [6, 6.07) is 0. The van der Waals surface area contributed by atoms with E-state index < -0.39 is 0 Å². The van der Waals surface area contributed by atoms with E-state index in [1.54, 1.807) is 0 Å².